The van der Waals surface area contributed by atoms with Crippen molar-refractivity contribution >= 4 is 33.7 Å². The maximum atomic E-state index is 13.2. The predicted molar refractivity (Wildman–Crippen MR) is 83.2 cm³/mol. The van der Waals surface area contributed by atoms with Gasteiger partial charge < -0.3 is 14.5 Å². The Hall–Kier alpha value is -1.96. The van der Waals surface area contributed by atoms with Crippen LogP contribution >= 0.6 is 15.9 Å². The first-order valence-electron chi connectivity index (χ1n) is 7.04. The summed E-state index contributed by atoms with van der Waals surface area (Å²) in [5, 5.41) is 0. The molecule has 0 aliphatic carbocycles. The second-order valence-corrected chi connectivity index (χ2v) is 5.94. The van der Waals surface area contributed by atoms with Crippen molar-refractivity contribution in [2.24, 2.45) is 0 Å². The van der Waals surface area contributed by atoms with Crippen molar-refractivity contribution in [2.45, 2.75) is 6.92 Å². The summed E-state index contributed by atoms with van der Waals surface area (Å²) in [7, 11) is 0. The number of benzene rings is 1. The summed E-state index contributed by atoms with van der Waals surface area (Å²) in [4.78, 5) is 38.3. The standard InChI is InChI=1S/C15H16BrFN2O4/c1-10(20)18-4-6-19(7-5-18)14(21)9-23-15(22)12-8-11(17)2-3-13(12)16/h2-3,8H,4-7,9H2,1H3. The number of rotatable bonds is 3. The van der Waals surface area contributed by atoms with Crippen molar-refractivity contribution in [2.75, 3.05) is 32.8 Å². The van der Waals surface area contributed by atoms with Crippen molar-refractivity contribution in [1.82, 2.24) is 9.80 Å². The minimum absolute atomic E-state index is 0.0270. The topological polar surface area (TPSA) is 66.9 Å². The van der Waals surface area contributed by atoms with Crippen LogP contribution in [0.4, 0.5) is 4.39 Å². The number of hydrogen-bond donors (Lipinski definition) is 0. The lowest BCUT2D eigenvalue weighted by molar-refractivity contribution is -0.140. The lowest BCUT2D eigenvalue weighted by Crippen LogP contribution is -2.51. The Labute approximate surface area is 141 Å². The fourth-order valence-corrected chi connectivity index (χ4v) is 2.63. The molecule has 0 bridgehead atoms. The first-order valence-corrected chi connectivity index (χ1v) is 7.83. The highest BCUT2D eigenvalue weighted by Crippen LogP contribution is 2.18. The fraction of sp³-hybridized carbons (Fsp3) is 0.400. The van der Waals surface area contributed by atoms with Crippen LogP contribution in [0, 0.1) is 5.82 Å². The molecule has 124 valence electrons. The molecular formula is C15H16BrFN2O4. The number of hydrogen-bond acceptors (Lipinski definition) is 4. The Morgan fingerprint density at radius 3 is 2.39 bits per heavy atom. The summed E-state index contributed by atoms with van der Waals surface area (Å²) in [5.74, 6) is -1.70. The number of ether oxygens (including phenoxy) is 1. The first-order chi connectivity index (χ1) is 10.9. The van der Waals surface area contributed by atoms with Crippen molar-refractivity contribution in [3.8, 4) is 0 Å². The molecule has 1 aliphatic rings. The molecule has 2 rings (SSSR count). The predicted octanol–water partition coefficient (Wildman–Crippen LogP) is 1.44. The largest absolute Gasteiger partial charge is 0.452 e. The zero-order chi connectivity index (χ0) is 17.0. The third kappa shape index (κ3) is 4.51. The van der Waals surface area contributed by atoms with Gasteiger partial charge in [-0.3, -0.25) is 9.59 Å². The number of carbonyl (C=O) groups is 3. The van der Waals surface area contributed by atoms with E-state index < -0.39 is 18.4 Å². The molecule has 2 amide bonds. The molecule has 0 saturated carbocycles. The SMILES string of the molecule is CC(=O)N1CCN(C(=O)COC(=O)c2cc(F)ccc2Br)CC1. The van der Waals surface area contributed by atoms with E-state index in [2.05, 4.69) is 15.9 Å². The molecule has 1 heterocycles. The lowest BCUT2D eigenvalue weighted by Gasteiger charge is -2.34. The highest BCUT2D eigenvalue weighted by Gasteiger charge is 2.23. The Kier molecular flexibility index (Phi) is 5.70. The number of amides is 2. The molecule has 1 aromatic carbocycles. The Bertz CT molecular complexity index is 630. The van der Waals surface area contributed by atoms with Crippen LogP contribution in [0.15, 0.2) is 22.7 Å². The zero-order valence-corrected chi connectivity index (χ0v) is 14.1. The summed E-state index contributed by atoms with van der Waals surface area (Å²) >= 11 is 3.13. The smallest absolute Gasteiger partial charge is 0.339 e. The molecule has 1 fully saturated rings. The number of halogens is 2. The Balaban J connectivity index is 1.86. The summed E-state index contributed by atoms with van der Waals surface area (Å²) < 4.78 is 18.5. The minimum Gasteiger partial charge on any atom is -0.452 e. The highest BCUT2D eigenvalue weighted by molar-refractivity contribution is 9.10. The van der Waals surface area contributed by atoms with Crippen LogP contribution in [-0.2, 0) is 14.3 Å². The summed E-state index contributed by atoms with van der Waals surface area (Å²) in [6.45, 7) is 2.80. The maximum Gasteiger partial charge on any atom is 0.339 e. The molecule has 0 unspecified atom stereocenters. The second-order valence-electron chi connectivity index (χ2n) is 5.09. The molecule has 1 aromatic rings. The van der Waals surface area contributed by atoms with Gasteiger partial charge in [-0.05, 0) is 34.1 Å². The van der Waals surface area contributed by atoms with Crippen LogP contribution in [-0.4, -0.2) is 60.4 Å². The van der Waals surface area contributed by atoms with Gasteiger partial charge in [-0.2, -0.15) is 0 Å². The highest BCUT2D eigenvalue weighted by atomic mass is 79.9. The van der Waals surface area contributed by atoms with Gasteiger partial charge in [0.2, 0.25) is 5.91 Å². The van der Waals surface area contributed by atoms with Crippen molar-refractivity contribution in [1.29, 1.82) is 0 Å². The average Bonchev–Trinajstić information content (AvgIpc) is 2.54. The number of esters is 1. The zero-order valence-electron chi connectivity index (χ0n) is 12.6. The lowest BCUT2D eigenvalue weighted by atomic mass is 10.2. The summed E-state index contributed by atoms with van der Waals surface area (Å²) in [6.07, 6.45) is 0. The van der Waals surface area contributed by atoms with E-state index >= 15 is 0 Å². The van der Waals surface area contributed by atoms with E-state index in [4.69, 9.17) is 4.74 Å². The Morgan fingerprint density at radius 1 is 1.17 bits per heavy atom. The van der Waals surface area contributed by atoms with Crippen LogP contribution in [0.1, 0.15) is 17.3 Å². The molecule has 0 aromatic heterocycles. The van der Waals surface area contributed by atoms with Crippen LogP contribution in [0.3, 0.4) is 0 Å². The third-order valence-corrected chi connectivity index (χ3v) is 4.24. The number of carbonyl (C=O) groups excluding carboxylic acids is 3. The summed E-state index contributed by atoms with van der Waals surface area (Å²) in [6, 6.07) is 3.65. The average molecular weight is 387 g/mol. The molecule has 0 N–H and O–H groups in total. The molecule has 8 heteroatoms. The van der Waals surface area contributed by atoms with Gasteiger partial charge >= 0.3 is 5.97 Å². The Morgan fingerprint density at radius 2 is 1.78 bits per heavy atom. The molecule has 1 saturated heterocycles. The number of nitrogens with zero attached hydrogens (tertiary/aromatic N) is 2. The number of piperazine rings is 1. The van der Waals surface area contributed by atoms with Crippen molar-refractivity contribution in [3.63, 3.8) is 0 Å². The first kappa shape index (κ1) is 17.4. The van der Waals surface area contributed by atoms with Crippen LogP contribution in [0.25, 0.3) is 0 Å². The van der Waals surface area contributed by atoms with Gasteiger partial charge in [-0.25, -0.2) is 9.18 Å². The van der Waals surface area contributed by atoms with Gasteiger partial charge in [0.1, 0.15) is 5.82 Å². The van der Waals surface area contributed by atoms with E-state index in [-0.39, 0.29) is 17.4 Å². The summed E-state index contributed by atoms with van der Waals surface area (Å²) in [5.41, 5.74) is 0.0270. The van der Waals surface area contributed by atoms with Gasteiger partial charge in [0.15, 0.2) is 6.61 Å². The van der Waals surface area contributed by atoms with Gasteiger partial charge in [-0.15, -0.1) is 0 Å². The quantitative estimate of drug-likeness (QED) is 0.737. The van der Waals surface area contributed by atoms with Crippen molar-refractivity contribution < 1.29 is 23.5 Å². The van der Waals surface area contributed by atoms with Crippen LogP contribution < -0.4 is 0 Å². The van der Waals surface area contributed by atoms with Gasteiger partial charge in [0.05, 0.1) is 5.56 Å². The van der Waals surface area contributed by atoms with E-state index in [1.165, 1.54) is 24.0 Å². The molecule has 23 heavy (non-hydrogen) atoms. The molecule has 0 spiro atoms. The molecule has 0 radical (unpaired) electrons. The van der Waals surface area contributed by atoms with E-state index in [1.54, 1.807) is 4.90 Å². The minimum atomic E-state index is -0.771. The van der Waals surface area contributed by atoms with E-state index in [1.807, 2.05) is 0 Å². The normalized spacial score (nSPS) is 14.6. The van der Waals surface area contributed by atoms with Gasteiger partial charge in [0.25, 0.3) is 5.91 Å². The maximum absolute atomic E-state index is 13.2. The monoisotopic (exact) mass is 386 g/mol. The molecular weight excluding hydrogens is 371 g/mol. The van der Waals surface area contributed by atoms with Crippen LogP contribution in [0.5, 0.6) is 0 Å². The molecule has 1 aliphatic heterocycles. The van der Waals surface area contributed by atoms with Gasteiger partial charge in [-0.1, -0.05) is 0 Å². The third-order valence-electron chi connectivity index (χ3n) is 3.55. The second kappa shape index (κ2) is 7.54. The molecule has 6 nitrogen and oxygen atoms in total. The van der Waals surface area contributed by atoms with Gasteiger partial charge in [0, 0.05) is 37.6 Å². The van der Waals surface area contributed by atoms with Crippen LogP contribution in [0.2, 0.25) is 0 Å². The van der Waals surface area contributed by atoms with E-state index in [0.717, 1.165) is 6.07 Å². The molecule has 0 atom stereocenters. The van der Waals surface area contributed by atoms with Crippen molar-refractivity contribution in [3.05, 3.63) is 34.1 Å². The fourth-order valence-electron chi connectivity index (χ4n) is 2.22. The van der Waals surface area contributed by atoms with E-state index in [0.29, 0.717) is 30.7 Å². The van der Waals surface area contributed by atoms with E-state index in [9.17, 15) is 18.8 Å².